The third kappa shape index (κ3) is 5.48. The van der Waals surface area contributed by atoms with Gasteiger partial charge in [0.1, 0.15) is 5.75 Å². The van der Waals surface area contributed by atoms with Crippen LogP contribution in [0.25, 0.3) is 0 Å². The molecule has 4 heteroatoms. The molecule has 1 fully saturated rings. The number of aryl methyl sites for hydroxylation is 1. The summed E-state index contributed by atoms with van der Waals surface area (Å²) in [4.78, 5) is 4.81. The minimum Gasteiger partial charge on any atom is -0.508 e. The molecule has 2 aromatic rings. The Morgan fingerprint density at radius 1 is 0.923 bits per heavy atom. The number of hydrogen-bond acceptors (Lipinski definition) is 4. The van der Waals surface area contributed by atoms with Crippen molar-refractivity contribution in [2.45, 2.75) is 38.8 Å². The first-order chi connectivity index (χ1) is 12.4. The van der Waals surface area contributed by atoms with Crippen molar-refractivity contribution in [1.29, 1.82) is 0 Å². The van der Waals surface area contributed by atoms with Crippen molar-refractivity contribution in [3.8, 4) is 5.75 Å². The third-order valence-electron chi connectivity index (χ3n) is 5.02. The summed E-state index contributed by atoms with van der Waals surface area (Å²) in [6.07, 6.45) is 1.69. The minimum atomic E-state index is -0.603. The maximum atomic E-state index is 9.84. The van der Waals surface area contributed by atoms with Gasteiger partial charge in [0.05, 0.1) is 5.60 Å². The maximum absolute atomic E-state index is 9.84. The molecular formula is C22H30N2O2. The number of piperazine rings is 1. The molecule has 1 aliphatic rings. The van der Waals surface area contributed by atoms with E-state index in [0.29, 0.717) is 5.75 Å². The predicted octanol–water partition coefficient (Wildman–Crippen LogP) is 3.42. The van der Waals surface area contributed by atoms with Crippen molar-refractivity contribution in [2.24, 2.45) is 0 Å². The van der Waals surface area contributed by atoms with E-state index in [2.05, 4.69) is 40.1 Å². The van der Waals surface area contributed by atoms with Crippen molar-refractivity contribution >= 4 is 5.69 Å². The maximum Gasteiger partial charge on any atom is 0.117 e. The molecule has 0 aromatic heterocycles. The number of aromatic hydroxyl groups is 1. The largest absolute Gasteiger partial charge is 0.508 e. The van der Waals surface area contributed by atoms with Gasteiger partial charge in [0, 0.05) is 44.5 Å². The fourth-order valence-corrected chi connectivity index (χ4v) is 3.37. The first-order valence-electron chi connectivity index (χ1n) is 9.46. The van der Waals surface area contributed by atoms with Gasteiger partial charge in [-0.15, -0.1) is 0 Å². The van der Waals surface area contributed by atoms with Crippen LogP contribution in [0.4, 0.5) is 5.69 Å². The van der Waals surface area contributed by atoms with Crippen LogP contribution in [-0.2, 0) is 13.0 Å². The topological polar surface area (TPSA) is 46.9 Å². The second-order valence-electron chi connectivity index (χ2n) is 7.91. The number of rotatable bonds is 6. The number of benzene rings is 2. The Balaban J connectivity index is 1.48. The van der Waals surface area contributed by atoms with Crippen molar-refractivity contribution in [3.63, 3.8) is 0 Å². The van der Waals surface area contributed by atoms with E-state index in [9.17, 15) is 10.2 Å². The van der Waals surface area contributed by atoms with Gasteiger partial charge >= 0.3 is 0 Å². The lowest BCUT2D eigenvalue weighted by molar-refractivity contribution is 0.0714. The molecule has 3 rings (SSSR count). The molecule has 0 radical (unpaired) electrons. The van der Waals surface area contributed by atoms with E-state index in [0.717, 1.165) is 51.3 Å². The lowest BCUT2D eigenvalue weighted by atomic mass is 9.98. The van der Waals surface area contributed by atoms with Crippen LogP contribution in [0, 0.1) is 0 Å². The van der Waals surface area contributed by atoms with E-state index in [1.54, 1.807) is 6.07 Å². The average molecular weight is 354 g/mol. The summed E-state index contributed by atoms with van der Waals surface area (Å²) in [5, 5.41) is 19.5. The summed E-state index contributed by atoms with van der Waals surface area (Å²) >= 11 is 0. The zero-order chi connectivity index (χ0) is 18.6. The summed E-state index contributed by atoms with van der Waals surface area (Å²) < 4.78 is 0. The Morgan fingerprint density at radius 2 is 1.58 bits per heavy atom. The van der Waals surface area contributed by atoms with Crippen LogP contribution >= 0.6 is 0 Å². The van der Waals surface area contributed by atoms with Gasteiger partial charge in [-0.1, -0.05) is 30.3 Å². The Bertz CT molecular complexity index is 699. The van der Waals surface area contributed by atoms with E-state index < -0.39 is 5.60 Å². The second kappa shape index (κ2) is 8.11. The van der Waals surface area contributed by atoms with Crippen molar-refractivity contribution in [2.75, 3.05) is 31.1 Å². The number of aliphatic hydroxyl groups is 1. The normalized spacial score (nSPS) is 16.0. The Labute approximate surface area is 156 Å². The fraction of sp³-hybridized carbons (Fsp3) is 0.455. The van der Waals surface area contributed by atoms with E-state index in [-0.39, 0.29) is 0 Å². The van der Waals surface area contributed by atoms with E-state index in [1.807, 2.05) is 26.0 Å². The van der Waals surface area contributed by atoms with Gasteiger partial charge in [-0.3, -0.25) is 4.90 Å². The number of hydrogen-bond donors (Lipinski definition) is 2. The van der Waals surface area contributed by atoms with Gasteiger partial charge in [-0.25, -0.2) is 0 Å². The lowest BCUT2D eigenvalue weighted by Crippen LogP contribution is -2.45. The number of phenols is 1. The summed E-state index contributed by atoms with van der Waals surface area (Å²) in [6.45, 7) is 8.70. The Hall–Kier alpha value is -2.04. The molecule has 4 nitrogen and oxygen atoms in total. The van der Waals surface area contributed by atoms with Gasteiger partial charge in [-0.05, 0) is 49.9 Å². The highest BCUT2D eigenvalue weighted by molar-refractivity contribution is 5.50. The number of anilines is 1. The van der Waals surface area contributed by atoms with E-state index in [4.69, 9.17) is 0 Å². The van der Waals surface area contributed by atoms with Crippen LogP contribution in [0.3, 0.4) is 0 Å². The molecule has 0 bridgehead atoms. The summed E-state index contributed by atoms with van der Waals surface area (Å²) in [7, 11) is 0. The molecule has 1 aliphatic heterocycles. The Morgan fingerprint density at radius 3 is 2.19 bits per heavy atom. The molecular weight excluding hydrogens is 324 g/mol. The zero-order valence-electron chi connectivity index (χ0n) is 15.9. The summed E-state index contributed by atoms with van der Waals surface area (Å²) in [5.41, 5.74) is 3.11. The summed E-state index contributed by atoms with van der Waals surface area (Å²) in [6, 6.07) is 16.3. The molecule has 0 atom stereocenters. The minimum absolute atomic E-state index is 0.328. The summed E-state index contributed by atoms with van der Waals surface area (Å²) in [5.74, 6) is 0.328. The van der Waals surface area contributed by atoms with Crippen LogP contribution < -0.4 is 4.90 Å². The highest BCUT2D eigenvalue weighted by Crippen LogP contribution is 2.22. The molecule has 0 unspecified atom stereocenters. The van der Waals surface area contributed by atoms with Gasteiger partial charge in [0.2, 0.25) is 0 Å². The molecule has 0 amide bonds. The second-order valence-corrected chi connectivity index (χ2v) is 7.91. The van der Waals surface area contributed by atoms with Crippen LogP contribution in [-0.4, -0.2) is 46.9 Å². The number of nitrogens with zero attached hydrogens (tertiary/aromatic N) is 2. The molecule has 1 saturated heterocycles. The predicted molar refractivity (Wildman–Crippen MR) is 107 cm³/mol. The SMILES string of the molecule is CC(C)(O)CCc1ccc(CN2CCN(c3cccc(O)c3)CC2)cc1. The average Bonchev–Trinajstić information content (AvgIpc) is 2.61. The standard InChI is InChI=1S/C22H30N2O2/c1-22(2,26)11-10-18-6-8-19(9-7-18)17-23-12-14-24(15-13-23)20-4-3-5-21(25)16-20/h3-9,16,25-26H,10-15,17H2,1-2H3. The van der Waals surface area contributed by atoms with Gasteiger partial charge in [0.15, 0.2) is 0 Å². The van der Waals surface area contributed by atoms with Crippen LogP contribution in [0.5, 0.6) is 5.75 Å². The van der Waals surface area contributed by atoms with Gasteiger partial charge in [0.25, 0.3) is 0 Å². The molecule has 26 heavy (non-hydrogen) atoms. The molecule has 140 valence electrons. The Kier molecular flexibility index (Phi) is 5.84. The van der Waals surface area contributed by atoms with Crippen LogP contribution in [0.2, 0.25) is 0 Å². The zero-order valence-corrected chi connectivity index (χ0v) is 15.9. The monoisotopic (exact) mass is 354 g/mol. The molecule has 0 spiro atoms. The van der Waals surface area contributed by atoms with Crippen LogP contribution in [0.15, 0.2) is 48.5 Å². The van der Waals surface area contributed by atoms with Crippen molar-refractivity contribution < 1.29 is 10.2 Å². The van der Waals surface area contributed by atoms with Crippen molar-refractivity contribution in [1.82, 2.24) is 4.90 Å². The highest BCUT2D eigenvalue weighted by atomic mass is 16.3. The molecule has 0 saturated carbocycles. The fourth-order valence-electron chi connectivity index (χ4n) is 3.37. The lowest BCUT2D eigenvalue weighted by Gasteiger charge is -2.36. The highest BCUT2D eigenvalue weighted by Gasteiger charge is 2.17. The quantitative estimate of drug-likeness (QED) is 0.834. The van der Waals surface area contributed by atoms with E-state index >= 15 is 0 Å². The number of phenolic OH excluding ortho intramolecular Hbond substituents is 1. The molecule has 2 N–H and O–H groups in total. The molecule has 1 heterocycles. The van der Waals surface area contributed by atoms with E-state index in [1.165, 1.54) is 11.1 Å². The van der Waals surface area contributed by atoms with Crippen molar-refractivity contribution in [3.05, 3.63) is 59.7 Å². The first-order valence-corrected chi connectivity index (χ1v) is 9.46. The van der Waals surface area contributed by atoms with Gasteiger partial charge < -0.3 is 15.1 Å². The van der Waals surface area contributed by atoms with Crippen LogP contribution in [0.1, 0.15) is 31.4 Å². The molecule has 2 aromatic carbocycles. The smallest absolute Gasteiger partial charge is 0.117 e. The van der Waals surface area contributed by atoms with Gasteiger partial charge in [-0.2, -0.15) is 0 Å². The first kappa shape index (κ1) is 18.7. The molecule has 0 aliphatic carbocycles. The third-order valence-corrected chi connectivity index (χ3v) is 5.02.